The lowest BCUT2D eigenvalue weighted by Gasteiger charge is -2.07. The van der Waals surface area contributed by atoms with Crippen LogP contribution >= 0.6 is 12.6 Å². The van der Waals surface area contributed by atoms with Crippen LogP contribution in [0.25, 0.3) is 0 Å². The molecule has 0 atom stereocenters. The van der Waals surface area contributed by atoms with Crippen molar-refractivity contribution in [2.24, 2.45) is 5.73 Å². The third kappa shape index (κ3) is 7.78. The molecule has 0 heterocycles. The summed E-state index contributed by atoms with van der Waals surface area (Å²) < 4.78 is -0.889. The second kappa shape index (κ2) is 4.64. The molecule has 0 radical (unpaired) electrons. The molecule has 0 aromatic rings. The molecule has 0 aromatic carbocycles. The number of rotatable bonds is 1. The number of thiol groups is 1. The molecule has 0 saturated carbocycles. The number of carbonyl (C=O) groups is 1. The zero-order valence-corrected chi connectivity index (χ0v) is 6.77. The van der Waals surface area contributed by atoms with Crippen LogP contribution in [0.5, 0.6) is 0 Å². The molecule has 4 heteroatoms. The molecular formula is C5H13NO2S. The summed E-state index contributed by atoms with van der Waals surface area (Å²) in [7, 11) is 1.50. The molecule has 0 aromatic heterocycles. The number of hydrogen-bond donors (Lipinski definition) is 3. The minimum absolute atomic E-state index is 0.889. The molecule has 0 bridgehead atoms. The fourth-order valence-electron chi connectivity index (χ4n) is 0. The van der Waals surface area contributed by atoms with Crippen molar-refractivity contribution in [3.63, 3.8) is 0 Å². The average molecular weight is 151 g/mol. The van der Waals surface area contributed by atoms with Crippen molar-refractivity contribution in [1.82, 2.24) is 0 Å². The van der Waals surface area contributed by atoms with Gasteiger partial charge in [0.25, 0.3) is 0 Å². The summed E-state index contributed by atoms with van der Waals surface area (Å²) >= 11 is 3.75. The van der Waals surface area contributed by atoms with Gasteiger partial charge in [0.1, 0.15) is 4.75 Å². The van der Waals surface area contributed by atoms with Crippen molar-refractivity contribution in [3.05, 3.63) is 0 Å². The Bertz CT molecular complexity index is 87.4. The summed E-state index contributed by atoms with van der Waals surface area (Å²) in [5, 5.41) is 8.17. The fraction of sp³-hybridized carbons (Fsp3) is 0.800. The van der Waals surface area contributed by atoms with E-state index in [9.17, 15) is 4.79 Å². The van der Waals surface area contributed by atoms with Crippen LogP contribution < -0.4 is 5.73 Å². The molecular weight excluding hydrogens is 138 g/mol. The predicted octanol–water partition coefficient (Wildman–Crippen LogP) is 0.354. The van der Waals surface area contributed by atoms with E-state index < -0.39 is 10.7 Å². The highest BCUT2D eigenvalue weighted by Crippen LogP contribution is 2.10. The summed E-state index contributed by atoms with van der Waals surface area (Å²) in [4.78, 5) is 9.94. The van der Waals surface area contributed by atoms with Gasteiger partial charge in [0.15, 0.2) is 0 Å². The first-order valence-electron chi connectivity index (χ1n) is 2.48. The fourth-order valence-corrected chi connectivity index (χ4v) is 0. The van der Waals surface area contributed by atoms with Gasteiger partial charge in [0.2, 0.25) is 0 Å². The highest BCUT2D eigenvalue weighted by Gasteiger charge is 2.20. The molecule has 0 fully saturated rings. The van der Waals surface area contributed by atoms with Crippen LogP contribution in [0.15, 0.2) is 0 Å². The van der Waals surface area contributed by atoms with Gasteiger partial charge in [-0.15, -0.1) is 0 Å². The topological polar surface area (TPSA) is 63.3 Å². The molecule has 3 N–H and O–H groups in total. The Morgan fingerprint density at radius 2 is 1.67 bits per heavy atom. The molecule has 0 saturated heterocycles. The summed E-state index contributed by atoms with van der Waals surface area (Å²) in [6.07, 6.45) is 0. The first kappa shape index (κ1) is 11.6. The first-order chi connectivity index (χ1) is 3.94. The Labute approximate surface area is 60.7 Å². The van der Waals surface area contributed by atoms with Gasteiger partial charge < -0.3 is 10.8 Å². The van der Waals surface area contributed by atoms with E-state index in [1.165, 1.54) is 20.9 Å². The largest absolute Gasteiger partial charge is 0.480 e. The van der Waals surface area contributed by atoms with Crippen LogP contribution in [-0.2, 0) is 4.79 Å². The van der Waals surface area contributed by atoms with Gasteiger partial charge in [-0.1, -0.05) is 0 Å². The van der Waals surface area contributed by atoms with E-state index in [-0.39, 0.29) is 0 Å². The van der Waals surface area contributed by atoms with Crippen molar-refractivity contribution in [2.75, 3.05) is 7.05 Å². The Balaban J connectivity index is 0. The van der Waals surface area contributed by atoms with Gasteiger partial charge in [-0.2, -0.15) is 12.6 Å². The number of nitrogens with two attached hydrogens (primary N) is 1. The molecule has 0 spiro atoms. The second-order valence-corrected chi connectivity index (χ2v) is 2.98. The zero-order chi connectivity index (χ0) is 8.08. The van der Waals surface area contributed by atoms with Crippen LogP contribution in [0.3, 0.4) is 0 Å². The van der Waals surface area contributed by atoms with Crippen LogP contribution in [0, 0.1) is 0 Å². The van der Waals surface area contributed by atoms with E-state index in [1.54, 1.807) is 0 Å². The van der Waals surface area contributed by atoms with E-state index in [2.05, 4.69) is 18.4 Å². The Morgan fingerprint density at radius 1 is 1.56 bits per heavy atom. The van der Waals surface area contributed by atoms with Gasteiger partial charge in [0.05, 0.1) is 0 Å². The van der Waals surface area contributed by atoms with Crippen LogP contribution in [0.2, 0.25) is 0 Å². The molecule has 56 valence electrons. The lowest BCUT2D eigenvalue weighted by molar-refractivity contribution is -0.138. The third-order valence-corrected chi connectivity index (χ3v) is 0.715. The van der Waals surface area contributed by atoms with E-state index >= 15 is 0 Å². The highest BCUT2D eigenvalue weighted by atomic mass is 32.1. The lowest BCUT2D eigenvalue weighted by atomic mass is 10.2. The Morgan fingerprint density at radius 3 is 1.67 bits per heavy atom. The summed E-state index contributed by atoms with van der Waals surface area (Å²) in [5.74, 6) is -0.893. The van der Waals surface area contributed by atoms with Crippen molar-refractivity contribution < 1.29 is 9.90 Å². The van der Waals surface area contributed by atoms with Crippen LogP contribution in [-0.4, -0.2) is 22.9 Å². The Hall–Kier alpha value is -0.220. The number of hydrogen-bond acceptors (Lipinski definition) is 3. The van der Waals surface area contributed by atoms with Crippen molar-refractivity contribution in [1.29, 1.82) is 0 Å². The van der Waals surface area contributed by atoms with E-state index in [0.717, 1.165) is 0 Å². The maximum atomic E-state index is 9.94. The average Bonchev–Trinajstić information content (AvgIpc) is 1.69. The van der Waals surface area contributed by atoms with Gasteiger partial charge in [-0.25, -0.2) is 0 Å². The summed E-state index contributed by atoms with van der Waals surface area (Å²) in [6, 6.07) is 0. The number of carboxylic acids is 1. The van der Waals surface area contributed by atoms with E-state index in [4.69, 9.17) is 5.11 Å². The molecule has 0 rings (SSSR count). The highest BCUT2D eigenvalue weighted by molar-refractivity contribution is 7.82. The molecule has 0 aliphatic carbocycles. The SMILES string of the molecule is CC(C)(S)C(=O)O.CN. The maximum Gasteiger partial charge on any atom is 0.318 e. The molecule has 0 unspecified atom stereocenters. The molecule has 0 aliphatic rings. The van der Waals surface area contributed by atoms with Crippen molar-refractivity contribution >= 4 is 18.6 Å². The van der Waals surface area contributed by atoms with Gasteiger partial charge in [-0.3, -0.25) is 4.79 Å². The third-order valence-electron chi connectivity index (χ3n) is 0.523. The van der Waals surface area contributed by atoms with Crippen molar-refractivity contribution in [2.45, 2.75) is 18.6 Å². The van der Waals surface area contributed by atoms with E-state index in [0.29, 0.717) is 0 Å². The monoisotopic (exact) mass is 151 g/mol. The standard InChI is InChI=1S/C4H8O2S.CH5N/c1-4(2,7)3(5)6;1-2/h7H,1-2H3,(H,5,6);2H2,1H3. The quantitative estimate of drug-likeness (QED) is 0.474. The van der Waals surface area contributed by atoms with Crippen molar-refractivity contribution in [3.8, 4) is 0 Å². The smallest absolute Gasteiger partial charge is 0.318 e. The molecule has 0 amide bonds. The van der Waals surface area contributed by atoms with Crippen LogP contribution in [0.1, 0.15) is 13.8 Å². The summed E-state index contributed by atoms with van der Waals surface area (Å²) in [6.45, 7) is 3.05. The number of aliphatic carboxylic acids is 1. The molecule has 9 heavy (non-hydrogen) atoms. The van der Waals surface area contributed by atoms with E-state index in [1.807, 2.05) is 0 Å². The summed E-state index contributed by atoms with van der Waals surface area (Å²) in [5.41, 5.74) is 4.50. The van der Waals surface area contributed by atoms with Gasteiger partial charge in [-0.05, 0) is 20.9 Å². The normalized spacial score (nSPS) is 9.44. The van der Waals surface area contributed by atoms with Crippen LogP contribution in [0.4, 0.5) is 0 Å². The zero-order valence-electron chi connectivity index (χ0n) is 5.88. The predicted molar refractivity (Wildman–Crippen MR) is 40.8 cm³/mol. The second-order valence-electron chi connectivity index (χ2n) is 1.86. The molecule has 0 aliphatic heterocycles. The Kier molecular flexibility index (Phi) is 5.96. The maximum absolute atomic E-state index is 9.94. The lowest BCUT2D eigenvalue weighted by Crippen LogP contribution is -2.23. The first-order valence-corrected chi connectivity index (χ1v) is 2.93. The van der Waals surface area contributed by atoms with Gasteiger partial charge >= 0.3 is 5.97 Å². The number of carboxylic acid groups (broad SMARTS) is 1. The van der Waals surface area contributed by atoms with Gasteiger partial charge in [0, 0.05) is 0 Å². The minimum atomic E-state index is -0.893. The molecule has 3 nitrogen and oxygen atoms in total. The minimum Gasteiger partial charge on any atom is -0.480 e.